The predicted octanol–water partition coefficient (Wildman–Crippen LogP) is 4.55. The van der Waals surface area contributed by atoms with Gasteiger partial charge < -0.3 is 9.84 Å². The third-order valence-electron chi connectivity index (χ3n) is 3.57. The monoisotopic (exact) mass is 356 g/mol. The van der Waals surface area contributed by atoms with Crippen LogP contribution in [0, 0.1) is 0 Å². The van der Waals surface area contributed by atoms with Gasteiger partial charge in [-0.25, -0.2) is 4.79 Å². The van der Waals surface area contributed by atoms with Crippen molar-refractivity contribution in [2.45, 2.75) is 24.3 Å². The number of carboxylic acid groups (broad SMARTS) is 1. The number of carboxylic acids is 1. The summed E-state index contributed by atoms with van der Waals surface area (Å²) in [5.74, 6) is -0.641. The van der Waals surface area contributed by atoms with Crippen molar-refractivity contribution in [2.75, 3.05) is 6.26 Å². The van der Waals surface area contributed by atoms with Gasteiger partial charge in [0.25, 0.3) is 0 Å². The molecule has 1 N–H and O–H groups in total. The zero-order valence-electron chi connectivity index (χ0n) is 14.4. The third kappa shape index (κ3) is 5.22. The Labute approximate surface area is 151 Å². The van der Waals surface area contributed by atoms with Crippen LogP contribution in [0.1, 0.15) is 29.8 Å². The molecule has 2 aromatic carbocycles. The Morgan fingerprint density at radius 2 is 1.64 bits per heavy atom. The highest BCUT2D eigenvalue weighted by Crippen LogP contribution is 2.20. The molecular formula is C20H20O4S. The predicted molar refractivity (Wildman–Crippen MR) is 100 cm³/mol. The van der Waals surface area contributed by atoms with Crippen molar-refractivity contribution in [3.8, 4) is 5.75 Å². The van der Waals surface area contributed by atoms with E-state index in [1.165, 1.54) is 19.9 Å². The van der Waals surface area contributed by atoms with E-state index in [1.54, 1.807) is 42.1 Å². The molecule has 0 aliphatic carbocycles. The highest BCUT2D eigenvalue weighted by atomic mass is 32.2. The molecule has 0 aromatic heterocycles. The Kier molecular flexibility index (Phi) is 6.04. The standard InChI is InChI=1S/C20H20O4S/c1-20(2,19(22)23)24-16-9-4-14(5-10-16)6-13-18(21)15-7-11-17(25-3)12-8-15/h4-13H,1-3H3,(H,22,23)/b13-6+. The van der Waals surface area contributed by atoms with E-state index in [1.807, 2.05) is 30.5 Å². The lowest BCUT2D eigenvalue weighted by Gasteiger charge is -2.21. The van der Waals surface area contributed by atoms with Crippen LogP contribution in [0.3, 0.4) is 0 Å². The SMILES string of the molecule is CSc1ccc(C(=O)/C=C/c2ccc(OC(C)(C)C(=O)O)cc2)cc1. The van der Waals surface area contributed by atoms with Gasteiger partial charge in [0.2, 0.25) is 0 Å². The van der Waals surface area contributed by atoms with Crippen molar-refractivity contribution in [3.63, 3.8) is 0 Å². The van der Waals surface area contributed by atoms with Gasteiger partial charge >= 0.3 is 5.97 Å². The minimum atomic E-state index is -1.30. The van der Waals surface area contributed by atoms with Gasteiger partial charge in [-0.1, -0.05) is 18.2 Å². The number of hydrogen-bond acceptors (Lipinski definition) is 4. The minimum absolute atomic E-state index is 0.0695. The molecular weight excluding hydrogens is 336 g/mol. The Hall–Kier alpha value is -2.53. The number of hydrogen-bond donors (Lipinski definition) is 1. The van der Waals surface area contributed by atoms with E-state index < -0.39 is 11.6 Å². The van der Waals surface area contributed by atoms with Crippen LogP contribution in [0.2, 0.25) is 0 Å². The molecule has 130 valence electrons. The van der Waals surface area contributed by atoms with Gasteiger partial charge in [-0.2, -0.15) is 0 Å². The lowest BCUT2D eigenvalue weighted by atomic mass is 10.1. The molecule has 0 radical (unpaired) electrons. The molecule has 0 aliphatic heterocycles. The van der Waals surface area contributed by atoms with Crippen molar-refractivity contribution >= 4 is 29.6 Å². The summed E-state index contributed by atoms with van der Waals surface area (Å²) in [7, 11) is 0. The van der Waals surface area contributed by atoms with E-state index >= 15 is 0 Å². The molecule has 0 heterocycles. The van der Waals surface area contributed by atoms with Crippen molar-refractivity contribution in [2.24, 2.45) is 0 Å². The second kappa shape index (κ2) is 8.03. The second-order valence-electron chi connectivity index (χ2n) is 5.91. The lowest BCUT2D eigenvalue weighted by molar-refractivity contribution is -0.152. The normalized spacial score (nSPS) is 11.5. The first-order chi connectivity index (χ1) is 11.8. The zero-order chi connectivity index (χ0) is 18.4. The number of allylic oxidation sites excluding steroid dienone is 1. The Balaban J connectivity index is 2.03. The maximum absolute atomic E-state index is 12.2. The van der Waals surface area contributed by atoms with Gasteiger partial charge in [0.05, 0.1) is 0 Å². The molecule has 0 bridgehead atoms. The highest BCUT2D eigenvalue weighted by molar-refractivity contribution is 7.98. The number of thioether (sulfide) groups is 1. The molecule has 25 heavy (non-hydrogen) atoms. The minimum Gasteiger partial charge on any atom is -0.478 e. The summed E-state index contributed by atoms with van der Waals surface area (Å²) in [6.07, 6.45) is 5.23. The zero-order valence-corrected chi connectivity index (χ0v) is 15.2. The molecule has 2 rings (SSSR count). The van der Waals surface area contributed by atoms with Crippen LogP contribution in [0.4, 0.5) is 0 Å². The van der Waals surface area contributed by atoms with Gasteiger partial charge in [-0.3, -0.25) is 4.79 Å². The summed E-state index contributed by atoms with van der Waals surface area (Å²) < 4.78 is 5.44. The first-order valence-corrected chi connectivity index (χ1v) is 8.93. The van der Waals surface area contributed by atoms with E-state index in [-0.39, 0.29) is 5.78 Å². The third-order valence-corrected chi connectivity index (χ3v) is 4.31. The fourth-order valence-corrected chi connectivity index (χ4v) is 2.42. The second-order valence-corrected chi connectivity index (χ2v) is 6.79. The molecule has 0 amide bonds. The van der Waals surface area contributed by atoms with Crippen LogP contribution in [-0.2, 0) is 4.79 Å². The summed E-state index contributed by atoms with van der Waals surface area (Å²) in [5.41, 5.74) is 0.169. The number of benzene rings is 2. The average molecular weight is 356 g/mol. The van der Waals surface area contributed by atoms with Gasteiger partial charge in [0.1, 0.15) is 5.75 Å². The summed E-state index contributed by atoms with van der Waals surface area (Å²) >= 11 is 1.63. The molecule has 0 saturated heterocycles. The van der Waals surface area contributed by atoms with Gasteiger partial charge in [0, 0.05) is 10.5 Å². The Morgan fingerprint density at radius 1 is 1.04 bits per heavy atom. The fourth-order valence-electron chi connectivity index (χ4n) is 2.01. The summed E-state index contributed by atoms with van der Waals surface area (Å²) in [5, 5.41) is 9.07. The quantitative estimate of drug-likeness (QED) is 0.448. The van der Waals surface area contributed by atoms with Crippen molar-refractivity contribution in [1.82, 2.24) is 0 Å². The molecule has 2 aromatic rings. The maximum Gasteiger partial charge on any atom is 0.347 e. The fraction of sp³-hybridized carbons (Fsp3) is 0.200. The Morgan fingerprint density at radius 3 is 2.16 bits per heavy atom. The van der Waals surface area contributed by atoms with Crippen molar-refractivity contribution in [1.29, 1.82) is 0 Å². The van der Waals surface area contributed by atoms with Crippen LogP contribution in [0.15, 0.2) is 59.5 Å². The summed E-state index contributed by atoms with van der Waals surface area (Å²) in [4.78, 5) is 24.3. The molecule has 0 atom stereocenters. The molecule has 0 unspecified atom stereocenters. The maximum atomic E-state index is 12.2. The van der Waals surface area contributed by atoms with Crippen LogP contribution >= 0.6 is 11.8 Å². The molecule has 0 saturated carbocycles. The van der Waals surface area contributed by atoms with Gasteiger partial charge in [-0.05, 0) is 68.1 Å². The number of ether oxygens (including phenoxy) is 1. The number of rotatable bonds is 7. The largest absolute Gasteiger partial charge is 0.478 e. The van der Waals surface area contributed by atoms with E-state index in [0.717, 1.165) is 10.5 Å². The number of aliphatic carboxylic acids is 1. The molecule has 0 spiro atoms. The Bertz CT molecular complexity index is 774. The smallest absolute Gasteiger partial charge is 0.347 e. The van der Waals surface area contributed by atoms with E-state index in [0.29, 0.717) is 11.3 Å². The van der Waals surface area contributed by atoms with E-state index in [9.17, 15) is 9.59 Å². The van der Waals surface area contributed by atoms with Crippen LogP contribution in [0.5, 0.6) is 5.75 Å². The van der Waals surface area contributed by atoms with E-state index in [4.69, 9.17) is 9.84 Å². The number of carbonyl (C=O) groups is 2. The van der Waals surface area contributed by atoms with Crippen molar-refractivity contribution < 1.29 is 19.4 Å². The molecule has 0 fully saturated rings. The molecule has 5 heteroatoms. The molecule has 4 nitrogen and oxygen atoms in total. The first-order valence-electron chi connectivity index (χ1n) is 7.71. The van der Waals surface area contributed by atoms with Gasteiger partial charge in [0.15, 0.2) is 11.4 Å². The first kappa shape index (κ1) is 18.8. The van der Waals surface area contributed by atoms with Crippen LogP contribution in [0.25, 0.3) is 6.08 Å². The van der Waals surface area contributed by atoms with Crippen LogP contribution < -0.4 is 4.74 Å². The lowest BCUT2D eigenvalue weighted by Crippen LogP contribution is -2.37. The molecule has 0 aliphatic rings. The highest BCUT2D eigenvalue weighted by Gasteiger charge is 2.29. The topological polar surface area (TPSA) is 63.6 Å². The van der Waals surface area contributed by atoms with Gasteiger partial charge in [-0.15, -0.1) is 11.8 Å². The number of carbonyl (C=O) groups excluding carboxylic acids is 1. The number of ketones is 1. The van der Waals surface area contributed by atoms with E-state index in [2.05, 4.69) is 0 Å². The van der Waals surface area contributed by atoms with Crippen molar-refractivity contribution in [3.05, 3.63) is 65.7 Å². The summed E-state index contributed by atoms with van der Waals surface area (Å²) in [6.45, 7) is 2.98. The van der Waals surface area contributed by atoms with Crippen LogP contribution in [-0.4, -0.2) is 28.7 Å². The average Bonchev–Trinajstić information content (AvgIpc) is 2.60. The summed E-state index contributed by atoms with van der Waals surface area (Å²) in [6, 6.07) is 14.4.